The van der Waals surface area contributed by atoms with E-state index in [4.69, 9.17) is 5.73 Å². The van der Waals surface area contributed by atoms with Crippen LogP contribution in [0.2, 0.25) is 0 Å². The Hall–Kier alpha value is -0.900. The minimum atomic E-state index is -0.352. The zero-order chi connectivity index (χ0) is 13.5. The highest BCUT2D eigenvalue weighted by Gasteiger charge is 2.26. The first-order valence-corrected chi connectivity index (χ1v) is 6.29. The van der Waals surface area contributed by atoms with Crippen molar-refractivity contribution in [2.24, 2.45) is 11.1 Å². The van der Waals surface area contributed by atoms with Gasteiger partial charge in [-0.3, -0.25) is 9.59 Å². The van der Waals surface area contributed by atoms with Crippen molar-refractivity contribution in [2.75, 3.05) is 6.54 Å². The number of ketones is 1. The Kier molecular flexibility index (Phi) is 7.04. The summed E-state index contributed by atoms with van der Waals surface area (Å²) in [5.41, 5.74) is 5.50. The van der Waals surface area contributed by atoms with E-state index in [0.29, 0.717) is 6.54 Å². The topological polar surface area (TPSA) is 72.2 Å². The number of unbranched alkanes of at least 4 members (excludes halogenated alkanes) is 2. The van der Waals surface area contributed by atoms with Gasteiger partial charge in [-0.2, -0.15) is 0 Å². The smallest absolute Gasteiger partial charge is 0.216 e. The van der Waals surface area contributed by atoms with E-state index in [1.807, 2.05) is 20.8 Å². The van der Waals surface area contributed by atoms with Crippen LogP contribution in [0.1, 0.15) is 53.4 Å². The van der Waals surface area contributed by atoms with Crippen LogP contribution in [0.3, 0.4) is 0 Å². The van der Waals surface area contributed by atoms with Crippen molar-refractivity contribution in [2.45, 2.75) is 59.4 Å². The van der Waals surface area contributed by atoms with Gasteiger partial charge in [0.15, 0.2) is 5.78 Å². The highest BCUT2D eigenvalue weighted by atomic mass is 16.1. The van der Waals surface area contributed by atoms with Crippen molar-refractivity contribution in [3.8, 4) is 0 Å². The van der Waals surface area contributed by atoms with Gasteiger partial charge < -0.3 is 11.1 Å². The van der Waals surface area contributed by atoms with E-state index in [1.54, 1.807) is 0 Å². The Balaban J connectivity index is 3.62. The molecule has 100 valence electrons. The molecule has 1 amide bonds. The zero-order valence-corrected chi connectivity index (χ0v) is 11.5. The van der Waals surface area contributed by atoms with E-state index in [-0.39, 0.29) is 23.1 Å². The average Bonchev–Trinajstić information content (AvgIpc) is 2.19. The Bertz CT molecular complexity index is 257. The van der Waals surface area contributed by atoms with Crippen LogP contribution in [0.4, 0.5) is 0 Å². The highest BCUT2D eigenvalue weighted by Crippen LogP contribution is 2.18. The van der Waals surface area contributed by atoms with E-state index < -0.39 is 0 Å². The van der Waals surface area contributed by atoms with Gasteiger partial charge in [0.2, 0.25) is 5.91 Å². The number of carbonyl (C=O) groups is 2. The van der Waals surface area contributed by atoms with Gasteiger partial charge in [-0.05, 0) is 12.8 Å². The Labute approximate surface area is 104 Å². The number of amides is 1. The second-order valence-electron chi connectivity index (χ2n) is 5.55. The molecule has 4 nitrogen and oxygen atoms in total. The summed E-state index contributed by atoms with van der Waals surface area (Å²) in [4.78, 5) is 22.4. The standard InChI is InChI=1S/C13H26N2O2/c1-10(16)15-9-7-5-6-8-11(14)12(17)13(2,3)4/h11H,5-9,14H2,1-4H3,(H,15,16)/t11-/m0/s1. The van der Waals surface area contributed by atoms with Crippen LogP contribution in [0.25, 0.3) is 0 Å². The predicted octanol–water partition coefficient (Wildman–Crippen LogP) is 1.63. The van der Waals surface area contributed by atoms with Crippen molar-refractivity contribution < 1.29 is 9.59 Å². The number of nitrogens with one attached hydrogen (secondary N) is 1. The molecule has 0 aromatic heterocycles. The van der Waals surface area contributed by atoms with E-state index in [0.717, 1.165) is 25.7 Å². The first kappa shape index (κ1) is 16.1. The third-order valence-electron chi connectivity index (χ3n) is 2.64. The van der Waals surface area contributed by atoms with Gasteiger partial charge in [0.25, 0.3) is 0 Å². The minimum absolute atomic E-state index is 0.00427. The quantitative estimate of drug-likeness (QED) is 0.666. The summed E-state index contributed by atoms with van der Waals surface area (Å²) in [6.45, 7) is 7.90. The lowest BCUT2D eigenvalue weighted by Crippen LogP contribution is -2.38. The molecule has 17 heavy (non-hydrogen) atoms. The van der Waals surface area contributed by atoms with Crippen LogP contribution in [0.5, 0.6) is 0 Å². The first-order valence-electron chi connectivity index (χ1n) is 6.29. The van der Waals surface area contributed by atoms with E-state index >= 15 is 0 Å². The molecule has 4 heteroatoms. The Morgan fingerprint density at radius 1 is 1.18 bits per heavy atom. The fourth-order valence-corrected chi connectivity index (χ4v) is 1.62. The summed E-state index contributed by atoms with van der Waals surface area (Å²) in [6, 6.07) is -0.351. The van der Waals surface area contributed by atoms with Crippen LogP contribution in [-0.2, 0) is 9.59 Å². The fourth-order valence-electron chi connectivity index (χ4n) is 1.62. The Morgan fingerprint density at radius 2 is 1.76 bits per heavy atom. The number of hydrogen-bond donors (Lipinski definition) is 2. The van der Waals surface area contributed by atoms with Gasteiger partial charge in [-0.25, -0.2) is 0 Å². The van der Waals surface area contributed by atoms with Crippen LogP contribution in [0.15, 0.2) is 0 Å². The second kappa shape index (κ2) is 7.43. The van der Waals surface area contributed by atoms with Crippen LogP contribution in [0, 0.1) is 5.41 Å². The second-order valence-corrected chi connectivity index (χ2v) is 5.55. The fraction of sp³-hybridized carbons (Fsp3) is 0.846. The summed E-state index contributed by atoms with van der Waals surface area (Å²) in [6.07, 6.45) is 3.60. The molecule has 0 saturated heterocycles. The van der Waals surface area contributed by atoms with Crippen LogP contribution >= 0.6 is 0 Å². The molecule has 0 aliphatic rings. The van der Waals surface area contributed by atoms with E-state index in [2.05, 4.69) is 5.32 Å². The summed E-state index contributed by atoms with van der Waals surface area (Å²) in [7, 11) is 0. The Morgan fingerprint density at radius 3 is 2.24 bits per heavy atom. The molecular weight excluding hydrogens is 216 g/mol. The predicted molar refractivity (Wildman–Crippen MR) is 69.6 cm³/mol. The number of hydrogen-bond acceptors (Lipinski definition) is 3. The van der Waals surface area contributed by atoms with Gasteiger partial charge in [-0.1, -0.05) is 33.6 Å². The van der Waals surface area contributed by atoms with Crippen molar-refractivity contribution in [3.63, 3.8) is 0 Å². The molecule has 0 fully saturated rings. The van der Waals surface area contributed by atoms with Gasteiger partial charge in [0, 0.05) is 18.9 Å². The lowest BCUT2D eigenvalue weighted by Gasteiger charge is -2.21. The summed E-state index contributed by atoms with van der Waals surface area (Å²) >= 11 is 0. The molecule has 3 N–H and O–H groups in total. The molecule has 0 heterocycles. The van der Waals surface area contributed by atoms with E-state index in [9.17, 15) is 9.59 Å². The molecule has 0 radical (unpaired) electrons. The molecule has 0 bridgehead atoms. The maximum atomic E-state index is 11.8. The lowest BCUT2D eigenvalue weighted by molar-refractivity contribution is -0.127. The average molecular weight is 242 g/mol. The van der Waals surface area contributed by atoms with Gasteiger partial charge >= 0.3 is 0 Å². The van der Waals surface area contributed by atoms with Crippen LogP contribution in [-0.4, -0.2) is 24.3 Å². The van der Waals surface area contributed by atoms with Crippen molar-refractivity contribution in [3.05, 3.63) is 0 Å². The summed E-state index contributed by atoms with van der Waals surface area (Å²) < 4.78 is 0. The van der Waals surface area contributed by atoms with Gasteiger partial charge in [-0.15, -0.1) is 0 Å². The molecular formula is C13H26N2O2. The molecule has 1 atom stereocenters. The van der Waals surface area contributed by atoms with Crippen molar-refractivity contribution in [1.82, 2.24) is 5.32 Å². The lowest BCUT2D eigenvalue weighted by atomic mass is 9.85. The molecule has 0 aromatic rings. The molecule has 0 saturated carbocycles. The largest absolute Gasteiger partial charge is 0.356 e. The van der Waals surface area contributed by atoms with Gasteiger partial charge in [0.05, 0.1) is 6.04 Å². The van der Waals surface area contributed by atoms with Crippen molar-refractivity contribution in [1.29, 1.82) is 0 Å². The molecule has 0 spiro atoms. The normalized spacial score (nSPS) is 13.2. The molecule has 0 aliphatic heterocycles. The van der Waals surface area contributed by atoms with Crippen molar-refractivity contribution >= 4 is 11.7 Å². The number of rotatable bonds is 7. The molecule has 0 unspecified atom stereocenters. The minimum Gasteiger partial charge on any atom is -0.356 e. The monoisotopic (exact) mass is 242 g/mol. The maximum absolute atomic E-state index is 11.8. The molecule has 0 rings (SSSR count). The number of carbonyl (C=O) groups excluding carboxylic acids is 2. The third kappa shape index (κ3) is 7.91. The molecule has 0 aromatic carbocycles. The molecule has 0 aliphatic carbocycles. The third-order valence-corrected chi connectivity index (χ3v) is 2.64. The van der Waals surface area contributed by atoms with Gasteiger partial charge in [0.1, 0.15) is 0 Å². The zero-order valence-electron chi connectivity index (χ0n) is 11.5. The SMILES string of the molecule is CC(=O)NCCCCC[C@H](N)C(=O)C(C)(C)C. The maximum Gasteiger partial charge on any atom is 0.216 e. The first-order chi connectivity index (χ1) is 7.75. The summed E-state index contributed by atoms with van der Waals surface area (Å²) in [5, 5.41) is 2.74. The summed E-state index contributed by atoms with van der Waals surface area (Å²) in [5.74, 6) is 0.129. The highest BCUT2D eigenvalue weighted by molar-refractivity contribution is 5.88. The van der Waals surface area contributed by atoms with E-state index in [1.165, 1.54) is 6.92 Å². The number of nitrogens with two attached hydrogens (primary N) is 1. The number of Topliss-reactive ketones (excluding diaryl/α,β-unsaturated/α-hetero) is 1. The van der Waals surface area contributed by atoms with Crippen LogP contribution < -0.4 is 11.1 Å².